The van der Waals surface area contributed by atoms with Gasteiger partial charge >= 0.3 is 0 Å². The number of hydrogen-bond acceptors (Lipinski definition) is 3. The van der Waals surface area contributed by atoms with Gasteiger partial charge in [-0.1, -0.05) is 6.92 Å². The van der Waals surface area contributed by atoms with Crippen molar-refractivity contribution in [3.63, 3.8) is 0 Å². The molecule has 94 valence electrons. The van der Waals surface area contributed by atoms with Crippen molar-refractivity contribution in [1.29, 1.82) is 0 Å². The smallest absolute Gasteiger partial charge is 0.257 e. The first-order valence-corrected chi connectivity index (χ1v) is 6.59. The minimum absolute atomic E-state index is 0.0220. The Labute approximate surface area is 105 Å². The first kappa shape index (κ1) is 12.6. The molecule has 4 nitrogen and oxygen atoms in total. The van der Waals surface area contributed by atoms with E-state index >= 15 is 0 Å². The maximum absolute atomic E-state index is 12.3. The van der Waals surface area contributed by atoms with Crippen LogP contribution in [-0.4, -0.2) is 20.5 Å². The molecule has 0 fully saturated rings. The van der Waals surface area contributed by atoms with Crippen molar-refractivity contribution in [3.05, 3.63) is 27.4 Å². The van der Waals surface area contributed by atoms with E-state index in [1.807, 2.05) is 6.92 Å². The van der Waals surface area contributed by atoms with Crippen LogP contribution in [0.4, 0.5) is 0 Å². The second kappa shape index (κ2) is 5.19. The molecular weight excluding hydrogens is 240 g/mol. The monoisotopic (exact) mass is 256 g/mol. The summed E-state index contributed by atoms with van der Waals surface area (Å²) in [7, 11) is 0. The zero-order valence-corrected chi connectivity index (χ0v) is 10.7. The molecule has 0 aliphatic carbocycles. The summed E-state index contributed by atoms with van der Waals surface area (Å²) in [6.07, 6.45) is 2.15. The highest BCUT2D eigenvalue weighted by Crippen LogP contribution is 2.22. The lowest BCUT2D eigenvalue weighted by molar-refractivity contribution is 0.129. The Morgan fingerprint density at radius 3 is 3.00 bits per heavy atom. The van der Waals surface area contributed by atoms with E-state index < -0.39 is 6.10 Å². The van der Waals surface area contributed by atoms with Crippen LogP contribution >= 0.6 is 11.6 Å². The standard InChI is InChI=1S/C12H17ClN2O2/c1-2-9-8(5-6-13)12(17)15-7-3-4-10(16)11(15)14-9/h10,16H,2-7H2,1H3. The molecule has 0 radical (unpaired) electrons. The molecule has 1 aliphatic heterocycles. The average Bonchev–Trinajstić information content (AvgIpc) is 2.33. The van der Waals surface area contributed by atoms with Gasteiger partial charge in [0.2, 0.25) is 0 Å². The Balaban J connectivity index is 2.60. The number of aryl methyl sites for hydroxylation is 1. The van der Waals surface area contributed by atoms with Gasteiger partial charge in [-0.3, -0.25) is 9.36 Å². The van der Waals surface area contributed by atoms with Crippen LogP contribution in [-0.2, 0) is 19.4 Å². The molecule has 17 heavy (non-hydrogen) atoms. The van der Waals surface area contributed by atoms with Gasteiger partial charge in [0.15, 0.2) is 0 Å². The van der Waals surface area contributed by atoms with Crippen molar-refractivity contribution in [1.82, 2.24) is 9.55 Å². The van der Waals surface area contributed by atoms with E-state index in [2.05, 4.69) is 4.98 Å². The van der Waals surface area contributed by atoms with Crippen molar-refractivity contribution < 1.29 is 5.11 Å². The van der Waals surface area contributed by atoms with Gasteiger partial charge in [0, 0.05) is 18.0 Å². The Morgan fingerprint density at radius 2 is 2.35 bits per heavy atom. The number of fused-ring (bicyclic) bond motifs is 1. The number of aliphatic hydroxyl groups is 1. The molecule has 0 aromatic carbocycles. The molecule has 1 atom stereocenters. The maximum Gasteiger partial charge on any atom is 0.257 e. The summed E-state index contributed by atoms with van der Waals surface area (Å²) in [5.74, 6) is 0.947. The van der Waals surface area contributed by atoms with Crippen molar-refractivity contribution in [2.45, 2.75) is 45.3 Å². The van der Waals surface area contributed by atoms with E-state index in [0.717, 1.165) is 12.1 Å². The highest BCUT2D eigenvalue weighted by Gasteiger charge is 2.23. The third kappa shape index (κ3) is 2.24. The number of rotatable bonds is 3. The molecule has 2 rings (SSSR count). The topological polar surface area (TPSA) is 55.1 Å². The van der Waals surface area contributed by atoms with E-state index in [1.165, 1.54) is 0 Å². The molecule has 0 amide bonds. The minimum Gasteiger partial charge on any atom is -0.385 e. The third-order valence-corrected chi connectivity index (χ3v) is 3.40. The van der Waals surface area contributed by atoms with E-state index in [4.69, 9.17) is 11.6 Å². The van der Waals surface area contributed by atoms with Crippen molar-refractivity contribution in [3.8, 4) is 0 Å². The lowest BCUT2D eigenvalue weighted by Gasteiger charge is -2.23. The van der Waals surface area contributed by atoms with Crippen molar-refractivity contribution in [2.24, 2.45) is 0 Å². The molecule has 0 saturated heterocycles. The van der Waals surface area contributed by atoms with Crippen molar-refractivity contribution in [2.75, 3.05) is 5.88 Å². The summed E-state index contributed by atoms with van der Waals surface area (Å²) in [6.45, 7) is 2.61. The number of halogens is 1. The second-order valence-corrected chi connectivity index (χ2v) is 4.68. The zero-order chi connectivity index (χ0) is 12.4. The number of aliphatic hydroxyl groups excluding tert-OH is 1. The molecule has 2 heterocycles. The summed E-state index contributed by atoms with van der Waals surface area (Å²) in [6, 6.07) is 0. The first-order valence-electron chi connectivity index (χ1n) is 6.05. The van der Waals surface area contributed by atoms with Gasteiger partial charge < -0.3 is 5.11 Å². The van der Waals surface area contributed by atoms with Crippen molar-refractivity contribution >= 4 is 11.6 Å². The van der Waals surface area contributed by atoms with Gasteiger partial charge in [0.05, 0.1) is 5.69 Å². The highest BCUT2D eigenvalue weighted by atomic mass is 35.5. The van der Waals surface area contributed by atoms with Crippen LogP contribution in [0.15, 0.2) is 4.79 Å². The fourth-order valence-corrected chi connectivity index (χ4v) is 2.53. The van der Waals surface area contributed by atoms with Crippen LogP contribution in [0.3, 0.4) is 0 Å². The molecule has 5 heteroatoms. The number of alkyl halides is 1. The summed E-state index contributed by atoms with van der Waals surface area (Å²) >= 11 is 5.72. The molecule has 1 aliphatic rings. The summed E-state index contributed by atoms with van der Waals surface area (Å²) < 4.78 is 1.61. The molecule has 1 unspecified atom stereocenters. The quantitative estimate of drug-likeness (QED) is 0.832. The molecule has 0 spiro atoms. The van der Waals surface area contributed by atoms with Crippen LogP contribution in [0.1, 0.15) is 43.0 Å². The second-order valence-electron chi connectivity index (χ2n) is 4.30. The van der Waals surface area contributed by atoms with E-state index in [1.54, 1.807) is 4.57 Å². The van der Waals surface area contributed by atoms with Crippen LogP contribution in [0.25, 0.3) is 0 Å². The summed E-state index contributed by atoms with van der Waals surface area (Å²) in [5, 5.41) is 9.88. The number of nitrogens with zero attached hydrogens (tertiary/aromatic N) is 2. The fourth-order valence-electron chi connectivity index (χ4n) is 2.34. The van der Waals surface area contributed by atoms with Crippen LogP contribution in [0.2, 0.25) is 0 Å². The van der Waals surface area contributed by atoms with Gasteiger partial charge in [0.1, 0.15) is 11.9 Å². The minimum atomic E-state index is -0.605. The van der Waals surface area contributed by atoms with E-state index in [0.29, 0.717) is 43.1 Å². The van der Waals surface area contributed by atoms with Crippen LogP contribution < -0.4 is 5.56 Å². The van der Waals surface area contributed by atoms with Gasteiger partial charge in [-0.2, -0.15) is 0 Å². The summed E-state index contributed by atoms with van der Waals surface area (Å²) in [4.78, 5) is 16.7. The predicted molar refractivity (Wildman–Crippen MR) is 66.5 cm³/mol. The van der Waals surface area contributed by atoms with E-state index in [9.17, 15) is 9.90 Å². The van der Waals surface area contributed by atoms with E-state index in [-0.39, 0.29) is 5.56 Å². The Kier molecular flexibility index (Phi) is 3.84. The molecule has 1 N–H and O–H groups in total. The zero-order valence-electron chi connectivity index (χ0n) is 9.95. The Bertz CT molecular complexity index is 470. The average molecular weight is 257 g/mol. The Morgan fingerprint density at radius 1 is 1.59 bits per heavy atom. The molecule has 0 bridgehead atoms. The molecule has 0 saturated carbocycles. The highest BCUT2D eigenvalue weighted by molar-refractivity contribution is 6.17. The third-order valence-electron chi connectivity index (χ3n) is 3.21. The normalized spacial score (nSPS) is 19.1. The SMILES string of the molecule is CCc1nc2n(c(=O)c1CCCl)CCCC2O. The van der Waals surface area contributed by atoms with Gasteiger partial charge in [-0.25, -0.2) is 4.98 Å². The number of aromatic nitrogens is 2. The first-order chi connectivity index (χ1) is 8.19. The predicted octanol–water partition coefficient (Wildman–Crippen LogP) is 1.41. The van der Waals surface area contributed by atoms with Gasteiger partial charge in [0.25, 0.3) is 5.56 Å². The largest absolute Gasteiger partial charge is 0.385 e. The van der Waals surface area contributed by atoms with Crippen LogP contribution in [0, 0.1) is 0 Å². The summed E-state index contributed by atoms with van der Waals surface area (Å²) in [5.41, 5.74) is 1.47. The maximum atomic E-state index is 12.3. The molecule has 1 aromatic heterocycles. The van der Waals surface area contributed by atoms with Gasteiger partial charge in [-0.15, -0.1) is 11.6 Å². The molecule has 1 aromatic rings. The van der Waals surface area contributed by atoms with Crippen LogP contribution in [0.5, 0.6) is 0 Å². The number of hydrogen-bond donors (Lipinski definition) is 1. The Hall–Kier alpha value is -0.870. The lowest BCUT2D eigenvalue weighted by atomic mass is 10.1. The molecular formula is C12H17ClN2O2. The van der Waals surface area contributed by atoms with Gasteiger partial charge in [-0.05, 0) is 25.7 Å². The fraction of sp³-hybridized carbons (Fsp3) is 0.667. The lowest BCUT2D eigenvalue weighted by Crippen LogP contribution is -2.34.